The highest BCUT2D eigenvalue weighted by atomic mass is 32.1. The first kappa shape index (κ1) is 17.5. The molecule has 118 valence electrons. The number of hydrogen-bond acceptors (Lipinski definition) is 5. The van der Waals surface area contributed by atoms with E-state index in [1.165, 1.54) is 0 Å². The average Bonchev–Trinajstić information content (AvgIpc) is 2.83. The van der Waals surface area contributed by atoms with E-state index in [1.54, 1.807) is 32.1 Å². The molecule has 4 N–H and O–H groups in total. The van der Waals surface area contributed by atoms with Gasteiger partial charge in [-0.25, -0.2) is 4.79 Å². The Morgan fingerprint density at radius 1 is 1.43 bits per heavy atom. The van der Waals surface area contributed by atoms with Crippen molar-refractivity contribution in [3.63, 3.8) is 0 Å². The highest BCUT2D eigenvalue weighted by Gasteiger charge is 2.18. The van der Waals surface area contributed by atoms with E-state index in [2.05, 4.69) is 10.6 Å². The third-order valence-corrected chi connectivity index (χ3v) is 3.42. The Kier molecular flexibility index (Phi) is 6.64. The summed E-state index contributed by atoms with van der Waals surface area (Å²) in [4.78, 5) is 24.0. The minimum absolute atomic E-state index is 0.319. The second-order valence-corrected chi connectivity index (χ2v) is 6.66. The van der Waals surface area contributed by atoms with Gasteiger partial charge in [-0.1, -0.05) is 6.07 Å². The molecule has 0 saturated carbocycles. The maximum Gasteiger partial charge on any atom is 0.407 e. The van der Waals surface area contributed by atoms with E-state index in [1.807, 2.05) is 17.5 Å². The maximum absolute atomic E-state index is 11.5. The van der Waals surface area contributed by atoms with Crippen LogP contribution in [0.1, 0.15) is 32.1 Å². The normalized spacial score (nSPS) is 12.7. The van der Waals surface area contributed by atoms with Crippen molar-refractivity contribution < 1.29 is 14.3 Å². The number of rotatable bonds is 7. The number of hydrogen-bond donors (Lipinski definition) is 3. The van der Waals surface area contributed by atoms with Crippen LogP contribution < -0.4 is 16.4 Å². The SMILES string of the molecule is CC(C)(C)OC(=O)NCCC(NCc1cccs1)C(N)=O. The maximum atomic E-state index is 11.5. The van der Waals surface area contributed by atoms with Crippen LogP contribution in [-0.2, 0) is 16.1 Å². The molecule has 1 unspecified atom stereocenters. The van der Waals surface area contributed by atoms with Crippen molar-refractivity contribution in [1.82, 2.24) is 10.6 Å². The summed E-state index contributed by atoms with van der Waals surface area (Å²) in [5.41, 5.74) is 4.82. The second kappa shape index (κ2) is 7.99. The first-order chi connectivity index (χ1) is 9.78. The lowest BCUT2D eigenvalue weighted by molar-refractivity contribution is -0.120. The molecule has 1 atom stereocenters. The molecule has 1 heterocycles. The quantitative estimate of drug-likeness (QED) is 0.713. The number of nitrogens with one attached hydrogen (secondary N) is 2. The van der Waals surface area contributed by atoms with Crippen LogP contribution in [0.4, 0.5) is 4.79 Å². The number of nitrogens with two attached hydrogens (primary N) is 1. The summed E-state index contributed by atoms with van der Waals surface area (Å²) in [6.07, 6.45) is -0.0797. The van der Waals surface area contributed by atoms with Gasteiger partial charge in [-0.3, -0.25) is 4.79 Å². The van der Waals surface area contributed by atoms with Crippen molar-refractivity contribution in [2.45, 2.75) is 45.4 Å². The Morgan fingerprint density at radius 3 is 2.67 bits per heavy atom. The molecule has 1 aromatic heterocycles. The van der Waals surface area contributed by atoms with Crippen LogP contribution in [-0.4, -0.2) is 30.2 Å². The smallest absolute Gasteiger partial charge is 0.407 e. The molecule has 6 nitrogen and oxygen atoms in total. The average molecular weight is 313 g/mol. The van der Waals surface area contributed by atoms with Crippen molar-refractivity contribution in [1.29, 1.82) is 0 Å². The first-order valence-corrected chi connectivity index (χ1v) is 7.68. The lowest BCUT2D eigenvalue weighted by Crippen LogP contribution is -2.43. The van der Waals surface area contributed by atoms with E-state index < -0.39 is 23.6 Å². The molecule has 0 fully saturated rings. The van der Waals surface area contributed by atoms with Gasteiger partial charge >= 0.3 is 6.09 Å². The van der Waals surface area contributed by atoms with Crippen molar-refractivity contribution in [2.75, 3.05) is 6.54 Å². The Balaban J connectivity index is 2.31. The number of alkyl carbamates (subject to hydrolysis) is 1. The number of amides is 2. The van der Waals surface area contributed by atoms with Gasteiger partial charge in [-0.2, -0.15) is 0 Å². The van der Waals surface area contributed by atoms with E-state index in [4.69, 9.17) is 10.5 Å². The molecule has 21 heavy (non-hydrogen) atoms. The van der Waals surface area contributed by atoms with Crippen molar-refractivity contribution >= 4 is 23.3 Å². The first-order valence-electron chi connectivity index (χ1n) is 6.80. The minimum Gasteiger partial charge on any atom is -0.444 e. The molecule has 1 aromatic rings. The van der Waals surface area contributed by atoms with Crippen LogP contribution >= 0.6 is 11.3 Å². The summed E-state index contributed by atoms with van der Waals surface area (Å²) in [7, 11) is 0. The standard InChI is InChI=1S/C14H23N3O3S/c1-14(2,3)20-13(19)16-7-6-11(12(15)18)17-9-10-5-4-8-21-10/h4-5,8,11,17H,6-7,9H2,1-3H3,(H2,15,18)(H,16,19). The summed E-state index contributed by atoms with van der Waals surface area (Å²) in [5, 5.41) is 7.67. The van der Waals surface area contributed by atoms with Gasteiger partial charge in [0.2, 0.25) is 5.91 Å². The highest BCUT2D eigenvalue weighted by Crippen LogP contribution is 2.08. The monoisotopic (exact) mass is 313 g/mol. The predicted molar refractivity (Wildman–Crippen MR) is 83.0 cm³/mol. The molecular formula is C14H23N3O3S. The fourth-order valence-corrected chi connectivity index (χ4v) is 2.27. The van der Waals surface area contributed by atoms with E-state index in [-0.39, 0.29) is 0 Å². The molecule has 2 amide bonds. The third-order valence-electron chi connectivity index (χ3n) is 2.55. The topological polar surface area (TPSA) is 93.4 Å². The van der Waals surface area contributed by atoms with Crippen LogP contribution in [0.25, 0.3) is 0 Å². The van der Waals surface area contributed by atoms with Gasteiger partial charge in [-0.15, -0.1) is 11.3 Å². The zero-order valence-corrected chi connectivity index (χ0v) is 13.5. The van der Waals surface area contributed by atoms with Crippen molar-refractivity contribution in [3.8, 4) is 0 Å². The molecule has 0 saturated heterocycles. The van der Waals surface area contributed by atoms with Gasteiger partial charge in [-0.05, 0) is 38.6 Å². The third kappa shape index (κ3) is 7.67. The van der Waals surface area contributed by atoms with Gasteiger partial charge < -0.3 is 21.1 Å². The van der Waals surface area contributed by atoms with Gasteiger partial charge in [0.15, 0.2) is 0 Å². The summed E-state index contributed by atoms with van der Waals surface area (Å²) >= 11 is 1.61. The molecule has 1 rings (SSSR count). The van der Waals surface area contributed by atoms with E-state index in [0.717, 1.165) is 4.88 Å². The molecule has 0 spiro atoms. The number of primary amides is 1. The van der Waals surface area contributed by atoms with E-state index in [0.29, 0.717) is 19.5 Å². The summed E-state index contributed by atoms with van der Waals surface area (Å²) < 4.78 is 5.11. The Hall–Kier alpha value is -1.60. The lowest BCUT2D eigenvalue weighted by atomic mass is 10.2. The number of ether oxygens (including phenoxy) is 1. The molecule has 7 heteroatoms. The van der Waals surface area contributed by atoms with Crippen LogP contribution in [0.3, 0.4) is 0 Å². The Bertz CT molecular complexity index is 455. The number of carbonyl (C=O) groups is 2. The molecule has 0 aliphatic heterocycles. The molecule has 0 radical (unpaired) electrons. The van der Waals surface area contributed by atoms with Crippen LogP contribution in [0.15, 0.2) is 17.5 Å². The van der Waals surface area contributed by atoms with Crippen LogP contribution in [0.2, 0.25) is 0 Å². The molecule has 0 aliphatic rings. The zero-order chi connectivity index (χ0) is 15.9. The Morgan fingerprint density at radius 2 is 2.14 bits per heavy atom. The fraction of sp³-hybridized carbons (Fsp3) is 0.571. The zero-order valence-electron chi connectivity index (χ0n) is 12.6. The van der Waals surface area contributed by atoms with Crippen molar-refractivity contribution in [3.05, 3.63) is 22.4 Å². The summed E-state index contributed by atoms with van der Waals surface area (Å²) in [6.45, 7) is 6.28. The minimum atomic E-state index is -0.537. The van der Waals surface area contributed by atoms with Gasteiger partial charge in [0.1, 0.15) is 5.60 Å². The molecular weight excluding hydrogens is 290 g/mol. The fourth-order valence-electron chi connectivity index (χ4n) is 1.61. The highest BCUT2D eigenvalue weighted by molar-refractivity contribution is 7.09. The van der Waals surface area contributed by atoms with Crippen LogP contribution in [0.5, 0.6) is 0 Å². The molecule has 0 aromatic carbocycles. The van der Waals surface area contributed by atoms with Gasteiger partial charge in [0.05, 0.1) is 6.04 Å². The number of carbonyl (C=O) groups excluding carboxylic acids is 2. The molecule has 0 aliphatic carbocycles. The summed E-state index contributed by atoms with van der Waals surface area (Å²) in [6, 6.07) is 3.45. The van der Waals surface area contributed by atoms with Crippen molar-refractivity contribution in [2.24, 2.45) is 5.73 Å². The van der Waals surface area contributed by atoms with Gasteiger partial charge in [0, 0.05) is 18.0 Å². The molecule has 0 bridgehead atoms. The van der Waals surface area contributed by atoms with Gasteiger partial charge in [0.25, 0.3) is 0 Å². The largest absolute Gasteiger partial charge is 0.444 e. The van der Waals surface area contributed by atoms with Crippen LogP contribution in [0, 0.1) is 0 Å². The lowest BCUT2D eigenvalue weighted by Gasteiger charge is -2.20. The summed E-state index contributed by atoms with van der Waals surface area (Å²) in [5.74, 6) is -0.433. The number of thiophene rings is 1. The predicted octanol–water partition coefficient (Wildman–Crippen LogP) is 1.61. The second-order valence-electron chi connectivity index (χ2n) is 5.63. The Labute approximate surface area is 129 Å². The van der Waals surface area contributed by atoms with E-state index >= 15 is 0 Å². The van der Waals surface area contributed by atoms with E-state index in [9.17, 15) is 9.59 Å².